The molecule has 3 rings (SSSR count). The van der Waals surface area contributed by atoms with E-state index in [9.17, 15) is 19.7 Å². The molecule has 30 heavy (non-hydrogen) atoms. The van der Waals surface area contributed by atoms with Crippen LogP contribution in [0, 0.1) is 10.1 Å². The van der Waals surface area contributed by atoms with Crippen LogP contribution in [0.15, 0.2) is 72.8 Å². The number of hydrogen-bond donors (Lipinski definition) is 1. The molecule has 0 unspecified atom stereocenters. The predicted molar refractivity (Wildman–Crippen MR) is 110 cm³/mol. The average molecular weight is 406 g/mol. The van der Waals surface area contributed by atoms with E-state index in [1.54, 1.807) is 36.4 Å². The molecule has 1 N–H and O–H groups in total. The Labute approximate surface area is 172 Å². The highest BCUT2D eigenvalue weighted by atomic mass is 16.6. The molecule has 3 aromatic rings. The molecule has 0 fully saturated rings. The number of esters is 1. The number of nitrogens with one attached hydrogen (secondary N) is 1. The number of benzene rings is 3. The molecule has 0 spiro atoms. The molecule has 0 atom stereocenters. The van der Waals surface area contributed by atoms with Crippen LogP contribution >= 0.6 is 0 Å². The van der Waals surface area contributed by atoms with E-state index in [0.717, 1.165) is 6.07 Å². The van der Waals surface area contributed by atoms with Crippen LogP contribution in [-0.4, -0.2) is 23.9 Å². The maximum Gasteiger partial charge on any atom is 0.338 e. The number of carbonyl (C=O) groups excluding carboxylic acids is 2. The maximum atomic E-state index is 12.3. The lowest BCUT2D eigenvalue weighted by atomic mass is 10.1. The number of ether oxygens (including phenoxy) is 2. The fraction of sp³-hybridized carbons (Fsp3) is 0.0909. The van der Waals surface area contributed by atoms with Gasteiger partial charge >= 0.3 is 11.7 Å². The highest BCUT2D eigenvalue weighted by Gasteiger charge is 2.19. The third-order valence-corrected chi connectivity index (χ3v) is 4.23. The first-order valence-electron chi connectivity index (χ1n) is 8.93. The highest BCUT2D eigenvalue weighted by molar-refractivity contribution is 6.04. The van der Waals surface area contributed by atoms with Gasteiger partial charge in [-0.1, -0.05) is 30.3 Å². The Morgan fingerprint density at radius 2 is 1.63 bits per heavy atom. The zero-order valence-corrected chi connectivity index (χ0v) is 16.0. The number of hydrogen-bond acceptors (Lipinski definition) is 6. The molecule has 0 aliphatic carbocycles. The number of carbonyl (C=O) groups is 2. The molecule has 0 bridgehead atoms. The van der Waals surface area contributed by atoms with Gasteiger partial charge < -0.3 is 14.8 Å². The minimum atomic E-state index is -0.702. The fourth-order valence-electron chi connectivity index (χ4n) is 2.67. The van der Waals surface area contributed by atoms with Crippen LogP contribution in [-0.2, 0) is 11.3 Å². The van der Waals surface area contributed by atoms with Crippen LogP contribution in [0.2, 0.25) is 0 Å². The van der Waals surface area contributed by atoms with E-state index in [4.69, 9.17) is 9.47 Å². The highest BCUT2D eigenvalue weighted by Crippen LogP contribution is 2.27. The largest absolute Gasteiger partial charge is 0.490 e. The molecule has 8 heteroatoms. The summed E-state index contributed by atoms with van der Waals surface area (Å²) in [6.45, 7) is -0.0424. The third kappa shape index (κ3) is 4.99. The second-order valence-electron chi connectivity index (χ2n) is 6.24. The van der Waals surface area contributed by atoms with Crippen molar-refractivity contribution in [3.63, 3.8) is 0 Å². The van der Waals surface area contributed by atoms with Gasteiger partial charge in [0.15, 0.2) is 5.75 Å². The summed E-state index contributed by atoms with van der Waals surface area (Å²) < 4.78 is 10.1. The van der Waals surface area contributed by atoms with Crippen molar-refractivity contribution in [3.05, 3.63) is 99.6 Å². The fourth-order valence-corrected chi connectivity index (χ4v) is 2.67. The molecular formula is C22H18N2O6. The summed E-state index contributed by atoms with van der Waals surface area (Å²) in [6, 6.07) is 19.5. The number of amides is 1. The van der Waals surface area contributed by atoms with Gasteiger partial charge in [-0.3, -0.25) is 14.9 Å². The van der Waals surface area contributed by atoms with E-state index in [0.29, 0.717) is 16.8 Å². The third-order valence-electron chi connectivity index (χ3n) is 4.23. The molecule has 152 valence electrons. The first kappa shape index (κ1) is 20.5. The molecule has 0 radical (unpaired) electrons. The standard InChI is InChI=1S/C22H18N2O6/c1-29-20-12-11-17(13-19(20)24(27)28)22(26)30-14-15-7-9-16(10-8-15)21(25)23-18-5-3-2-4-6-18/h2-13H,14H2,1H3,(H,23,25). The summed E-state index contributed by atoms with van der Waals surface area (Å²) in [7, 11) is 1.31. The second-order valence-corrected chi connectivity index (χ2v) is 6.24. The molecular weight excluding hydrogens is 388 g/mol. The molecule has 0 aliphatic heterocycles. The lowest BCUT2D eigenvalue weighted by Crippen LogP contribution is -2.12. The van der Waals surface area contributed by atoms with E-state index in [1.165, 1.54) is 19.2 Å². The molecule has 0 aliphatic rings. The minimum absolute atomic E-state index is 0.0424. The Morgan fingerprint density at radius 1 is 0.967 bits per heavy atom. The van der Waals surface area contributed by atoms with Crippen LogP contribution in [0.25, 0.3) is 0 Å². The first-order chi connectivity index (χ1) is 14.5. The van der Waals surface area contributed by atoms with Crippen LogP contribution in [0.4, 0.5) is 11.4 Å². The maximum absolute atomic E-state index is 12.3. The van der Waals surface area contributed by atoms with Crippen molar-refractivity contribution in [2.24, 2.45) is 0 Å². The first-order valence-corrected chi connectivity index (χ1v) is 8.93. The number of rotatable bonds is 7. The van der Waals surface area contributed by atoms with E-state index in [1.807, 2.05) is 18.2 Å². The van der Waals surface area contributed by atoms with E-state index in [2.05, 4.69) is 5.32 Å². The Hall–Kier alpha value is -4.20. The SMILES string of the molecule is COc1ccc(C(=O)OCc2ccc(C(=O)Nc3ccccc3)cc2)cc1[N+](=O)[O-]. The summed E-state index contributed by atoms with van der Waals surface area (Å²) in [6.07, 6.45) is 0. The molecule has 1 amide bonds. The van der Waals surface area contributed by atoms with Crippen molar-refractivity contribution in [1.29, 1.82) is 0 Å². The molecule has 8 nitrogen and oxygen atoms in total. The van der Waals surface area contributed by atoms with Crippen LogP contribution in [0.3, 0.4) is 0 Å². The van der Waals surface area contributed by atoms with Gasteiger partial charge in [0.1, 0.15) is 6.61 Å². The van der Waals surface area contributed by atoms with Crippen molar-refractivity contribution in [2.45, 2.75) is 6.61 Å². The predicted octanol–water partition coefficient (Wildman–Crippen LogP) is 4.21. The number of nitro benzene ring substituents is 1. The van der Waals surface area contributed by atoms with E-state index in [-0.39, 0.29) is 29.5 Å². The summed E-state index contributed by atoms with van der Waals surface area (Å²) in [5.74, 6) is -0.900. The lowest BCUT2D eigenvalue weighted by Gasteiger charge is -2.08. The van der Waals surface area contributed by atoms with Gasteiger partial charge in [0, 0.05) is 17.3 Å². The Morgan fingerprint density at radius 3 is 2.27 bits per heavy atom. The Kier molecular flexibility index (Phi) is 6.39. The lowest BCUT2D eigenvalue weighted by molar-refractivity contribution is -0.385. The van der Waals surface area contributed by atoms with Crippen molar-refractivity contribution >= 4 is 23.3 Å². The number of anilines is 1. The minimum Gasteiger partial charge on any atom is -0.490 e. The number of methoxy groups -OCH3 is 1. The summed E-state index contributed by atoms with van der Waals surface area (Å²) in [5, 5.41) is 13.9. The zero-order valence-electron chi connectivity index (χ0n) is 16.0. The van der Waals surface area contributed by atoms with Gasteiger partial charge in [-0.25, -0.2) is 4.79 Å². The molecule has 0 saturated carbocycles. The molecule has 0 aromatic heterocycles. The number of nitro groups is 1. The van der Waals surface area contributed by atoms with Gasteiger partial charge in [-0.15, -0.1) is 0 Å². The van der Waals surface area contributed by atoms with Gasteiger partial charge in [0.05, 0.1) is 17.6 Å². The van der Waals surface area contributed by atoms with Crippen molar-refractivity contribution in [3.8, 4) is 5.75 Å². The van der Waals surface area contributed by atoms with Crippen molar-refractivity contribution in [2.75, 3.05) is 12.4 Å². The van der Waals surface area contributed by atoms with Gasteiger partial charge in [-0.2, -0.15) is 0 Å². The Balaban J connectivity index is 1.61. The summed E-state index contributed by atoms with van der Waals surface area (Å²) in [5.41, 5.74) is 1.54. The van der Waals surface area contributed by atoms with E-state index >= 15 is 0 Å². The summed E-state index contributed by atoms with van der Waals surface area (Å²) >= 11 is 0. The number of para-hydroxylation sites is 1. The van der Waals surface area contributed by atoms with E-state index < -0.39 is 10.9 Å². The van der Waals surface area contributed by atoms with Crippen LogP contribution in [0.1, 0.15) is 26.3 Å². The van der Waals surface area contributed by atoms with Gasteiger partial charge in [0.2, 0.25) is 0 Å². The Bertz CT molecular complexity index is 1060. The van der Waals surface area contributed by atoms with Crippen LogP contribution in [0.5, 0.6) is 5.75 Å². The zero-order chi connectivity index (χ0) is 21.5. The average Bonchev–Trinajstić information content (AvgIpc) is 2.78. The topological polar surface area (TPSA) is 108 Å². The monoisotopic (exact) mass is 406 g/mol. The van der Waals surface area contributed by atoms with Crippen molar-refractivity contribution < 1.29 is 24.0 Å². The molecule has 3 aromatic carbocycles. The molecule has 0 saturated heterocycles. The quantitative estimate of drug-likeness (QED) is 0.358. The van der Waals surface area contributed by atoms with Gasteiger partial charge in [0.25, 0.3) is 5.91 Å². The summed E-state index contributed by atoms with van der Waals surface area (Å²) in [4.78, 5) is 34.9. The van der Waals surface area contributed by atoms with Gasteiger partial charge in [-0.05, 0) is 42.0 Å². The normalized spacial score (nSPS) is 10.2. The smallest absolute Gasteiger partial charge is 0.338 e. The number of nitrogens with zero attached hydrogens (tertiary/aromatic N) is 1. The van der Waals surface area contributed by atoms with Crippen molar-refractivity contribution in [1.82, 2.24) is 0 Å². The van der Waals surface area contributed by atoms with Crippen LogP contribution < -0.4 is 10.1 Å². The molecule has 0 heterocycles. The second kappa shape index (κ2) is 9.33.